The number of hydrogen-bond acceptors (Lipinski definition) is 7. The highest BCUT2D eigenvalue weighted by atomic mass is 32.1. The van der Waals surface area contributed by atoms with Crippen LogP contribution in [0.2, 0.25) is 0 Å². The van der Waals surface area contributed by atoms with Crippen LogP contribution in [0.15, 0.2) is 64.4 Å². The zero-order valence-electron chi connectivity index (χ0n) is 20.0. The highest BCUT2D eigenvalue weighted by Gasteiger charge is 2.44. The highest BCUT2D eigenvalue weighted by molar-refractivity contribution is 7.09. The van der Waals surface area contributed by atoms with E-state index < -0.39 is 5.54 Å². The Kier molecular flexibility index (Phi) is 6.49. The quantitative estimate of drug-likeness (QED) is 0.397. The van der Waals surface area contributed by atoms with Gasteiger partial charge in [0, 0.05) is 35.2 Å². The van der Waals surface area contributed by atoms with Crippen molar-refractivity contribution < 1.29 is 9.21 Å². The summed E-state index contributed by atoms with van der Waals surface area (Å²) < 4.78 is 6.18. The van der Waals surface area contributed by atoms with Gasteiger partial charge in [-0.15, -0.1) is 21.5 Å². The maximum absolute atomic E-state index is 13.1. The van der Waals surface area contributed by atoms with Gasteiger partial charge in [-0.2, -0.15) is 0 Å². The average molecular weight is 488 g/mol. The van der Waals surface area contributed by atoms with Crippen molar-refractivity contribution in [3.63, 3.8) is 0 Å². The Labute approximate surface area is 209 Å². The van der Waals surface area contributed by atoms with E-state index >= 15 is 0 Å². The number of thiazole rings is 1. The van der Waals surface area contributed by atoms with Crippen LogP contribution in [0, 0.1) is 6.92 Å². The van der Waals surface area contributed by atoms with E-state index in [-0.39, 0.29) is 11.8 Å². The number of amides is 1. The number of nitrogens with two attached hydrogens (primary N) is 1. The Balaban J connectivity index is 1.38. The molecule has 1 aliphatic rings. The topological polar surface area (TPSA) is 98.1 Å². The molecule has 0 bridgehead atoms. The number of carbonyl (C=O) groups excluding carboxylic acids is 1. The molecular weight excluding hydrogens is 458 g/mol. The molecule has 0 aliphatic heterocycles. The summed E-state index contributed by atoms with van der Waals surface area (Å²) in [6.07, 6.45) is 3.91. The standard InChI is InChI=1S/C27H29N5O2S/c1-18-17-35-23(29-18)16-32(2)25(33)21-12-8-11-20(15-21)24-30-31-26(34-24)27(28)14-7-6-13-22(27)19-9-4-3-5-10-19/h3-5,8-12,15,17,22H,6-7,13-14,16,28H2,1-2H3. The smallest absolute Gasteiger partial charge is 0.253 e. The van der Waals surface area contributed by atoms with Crippen LogP contribution < -0.4 is 5.73 Å². The van der Waals surface area contributed by atoms with Crippen molar-refractivity contribution in [3.05, 3.63) is 87.7 Å². The van der Waals surface area contributed by atoms with E-state index in [0.29, 0.717) is 29.5 Å². The lowest BCUT2D eigenvalue weighted by Gasteiger charge is -2.38. The molecule has 0 spiro atoms. The Bertz CT molecular complexity index is 1320. The van der Waals surface area contributed by atoms with Gasteiger partial charge in [0.1, 0.15) is 10.5 Å². The van der Waals surface area contributed by atoms with Crippen LogP contribution >= 0.6 is 11.3 Å². The number of aromatic nitrogens is 3. The molecule has 35 heavy (non-hydrogen) atoms. The van der Waals surface area contributed by atoms with Crippen molar-refractivity contribution in [2.24, 2.45) is 5.73 Å². The van der Waals surface area contributed by atoms with Gasteiger partial charge in [0.05, 0.1) is 6.54 Å². The molecule has 0 radical (unpaired) electrons. The van der Waals surface area contributed by atoms with Crippen molar-refractivity contribution in [2.45, 2.75) is 50.6 Å². The fourth-order valence-corrected chi connectivity index (χ4v) is 5.71. The Morgan fingerprint density at radius 2 is 2.00 bits per heavy atom. The molecule has 2 heterocycles. The van der Waals surface area contributed by atoms with Crippen LogP contribution in [0.1, 0.15) is 64.1 Å². The molecule has 7 nitrogen and oxygen atoms in total. The van der Waals surface area contributed by atoms with E-state index in [1.165, 1.54) is 5.56 Å². The first-order valence-corrected chi connectivity index (χ1v) is 12.8. The molecule has 8 heteroatoms. The summed E-state index contributed by atoms with van der Waals surface area (Å²) in [6.45, 7) is 2.41. The van der Waals surface area contributed by atoms with Gasteiger partial charge in [-0.05, 0) is 43.5 Å². The second-order valence-corrected chi connectivity index (χ2v) is 10.2. The lowest BCUT2D eigenvalue weighted by atomic mass is 9.70. The summed E-state index contributed by atoms with van der Waals surface area (Å²) in [5.74, 6) is 0.845. The van der Waals surface area contributed by atoms with E-state index in [0.717, 1.165) is 36.4 Å². The average Bonchev–Trinajstić information content (AvgIpc) is 3.54. The second kappa shape index (κ2) is 9.71. The molecule has 5 rings (SSSR count). The van der Waals surface area contributed by atoms with Crippen LogP contribution in [-0.4, -0.2) is 33.0 Å². The predicted molar refractivity (Wildman–Crippen MR) is 136 cm³/mol. The summed E-state index contributed by atoms with van der Waals surface area (Å²) >= 11 is 1.55. The van der Waals surface area contributed by atoms with E-state index in [4.69, 9.17) is 10.2 Å². The minimum absolute atomic E-state index is 0.0915. The third-order valence-corrected chi connectivity index (χ3v) is 7.67. The van der Waals surface area contributed by atoms with Gasteiger partial charge in [0.25, 0.3) is 5.91 Å². The predicted octanol–water partition coefficient (Wildman–Crippen LogP) is 5.29. The number of aryl methyl sites for hydroxylation is 1. The van der Waals surface area contributed by atoms with Gasteiger partial charge in [-0.25, -0.2) is 4.98 Å². The van der Waals surface area contributed by atoms with Crippen molar-refractivity contribution in [1.82, 2.24) is 20.1 Å². The van der Waals surface area contributed by atoms with Gasteiger partial charge < -0.3 is 15.1 Å². The molecule has 1 aliphatic carbocycles. The fraction of sp³-hybridized carbons (Fsp3) is 0.333. The lowest BCUT2D eigenvalue weighted by molar-refractivity contribution is 0.0785. The van der Waals surface area contributed by atoms with Crippen LogP contribution in [0.25, 0.3) is 11.5 Å². The van der Waals surface area contributed by atoms with Gasteiger partial charge in [0.15, 0.2) is 0 Å². The van der Waals surface area contributed by atoms with Crippen LogP contribution in [0.3, 0.4) is 0 Å². The first-order chi connectivity index (χ1) is 16.9. The Morgan fingerprint density at radius 1 is 1.17 bits per heavy atom. The maximum atomic E-state index is 13.1. The lowest BCUT2D eigenvalue weighted by Crippen LogP contribution is -2.45. The van der Waals surface area contributed by atoms with Gasteiger partial charge >= 0.3 is 0 Å². The summed E-state index contributed by atoms with van der Waals surface area (Å²) in [4.78, 5) is 19.2. The van der Waals surface area contributed by atoms with Crippen molar-refractivity contribution in [1.29, 1.82) is 0 Å². The number of benzene rings is 2. The van der Waals surface area contributed by atoms with E-state index in [1.54, 1.807) is 35.4 Å². The maximum Gasteiger partial charge on any atom is 0.253 e. The fourth-order valence-electron chi connectivity index (χ4n) is 4.89. The van der Waals surface area contributed by atoms with Crippen molar-refractivity contribution >= 4 is 17.2 Å². The molecule has 2 unspecified atom stereocenters. The third kappa shape index (κ3) is 4.76. The van der Waals surface area contributed by atoms with E-state index in [2.05, 4.69) is 27.3 Å². The van der Waals surface area contributed by atoms with Gasteiger partial charge in [-0.3, -0.25) is 4.79 Å². The number of carbonyl (C=O) groups is 1. The molecule has 4 aromatic rings. The molecule has 180 valence electrons. The normalized spacial score (nSPS) is 20.0. The minimum Gasteiger partial charge on any atom is -0.419 e. The molecule has 2 atom stereocenters. The molecule has 2 aromatic carbocycles. The SMILES string of the molecule is Cc1csc(CN(C)C(=O)c2cccc(-c3nnc(C4(N)CCCCC4c4ccccc4)o3)c2)n1. The summed E-state index contributed by atoms with van der Waals surface area (Å²) in [6, 6.07) is 17.6. The molecule has 1 saturated carbocycles. The molecule has 2 N–H and O–H groups in total. The summed E-state index contributed by atoms with van der Waals surface area (Å²) in [5, 5.41) is 11.6. The first-order valence-electron chi connectivity index (χ1n) is 11.9. The summed E-state index contributed by atoms with van der Waals surface area (Å²) in [7, 11) is 1.78. The van der Waals surface area contributed by atoms with Crippen molar-refractivity contribution in [2.75, 3.05) is 7.05 Å². The Morgan fingerprint density at radius 3 is 2.77 bits per heavy atom. The first kappa shape index (κ1) is 23.4. The third-order valence-electron chi connectivity index (χ3n) is 6.72. The van der Waals surface area contributed by atoms with Crippen molar-refractivity contribution in [3.8, 4) is 11.5 Å². The molecular formula is C27H29N5O2S. The second-order valence-electron chi connectivity index (χ2n) is 9.29. The van der Waals surface area contributed by atoms with Crippen LogP contribution in [-0.2, 0) is 12.1 Å². The molecule has 1 fully saturated rings. The van der Waals surface area contributed by atoms with Gasteiger partial charge in [-0.1, -0.05) is 49.2 Å². The van der Waals surface area contributed by atoms with Gasteiger partial charge in [0.2, 0.25) is 11.8 Å². The zero-order chi connectivity index (χ0) is 24.4. The molecule has 1 amide bonds. The van der Waals surface area contributed by atoms with E-state index in [9.17, 15) is 4.79 Å². The largest absolute Gasteiger partial charge is 0.419 e. The number of nitrogens with zero attached hydrogens (tertiary/aromatic N) is 4. The Hall–Kier alpha value is -3.36. The zero-order valence-corrected chi connectivity index (χ0v) is 20.8. The number of rotatable bonds is 6. The highest BCUT2D eigenvalue weighted by Crippen LogP contribution is 2.45. The van der Waals surface area contributed by atoms with Crippen LogP contribution in [0.5, 0.6) is 0 Å². The monoisotopic (exact) mass is 487 g/mol. The summed E-state index contributed by atoms with van der Waals surface area (Å²) in [5.41, 5.74) is 9.67. The van der Waals surface area contributed by atoms with Crippen LogP contribution in [0.4, 0.5) is 0 Å². The minimum atomic E-state index is -0.718. The van der Waals surface area contributed by atoms with E-state index in [1.807, 2.05) is 42.6 Å². The molecule has 2 aromatic heterocycles. The number of hydrogen-bond donors (Lipinski definition) is 1. The molecule has 0 saturated heterocycles.